The quantitative estimate of drug-likeness (QED) is 0.586. The molecular formula is C29H38N6O4S. The lowest BCUT2D eigenvalue weighted by atomic mass is 9.52. The number of hydrogen-bond donors (Lipinski definition) is 2. The minimum Gasteiger partial charge on any atom is -0.390 e. The van der Waals surface area contributed by atoms with E-state index in [4.69, 9.17) is 4.98 Å². The van der Waals surface area contributed by atoms with Crippen LogP contribution in [0.25, 0.3) is 0 Å². The third-order valence-electron chi connectivity index (χ3n) is 9.86. The number of carbonyl (C=O) groups is 1. The van der Waals surface area contributed by atoms with Crippen LogP contribution in [-0.2, 0) is 10.0 Å². The van der Waals surface area contributed by atoms with Gasteiger partial charge >= 0.3 is 6.03 Å². The summed E-state index contributed by atoms with van der Waals surface area (Å²) in [5.74, 6) is 2.19. The van der Waals surface area contributed by atoms with Crippen LogP contribution in [0.2, 0.25) is 0 Å². The Balaban J connectivity index is 1.05. The van der Waals surface area contributed by atoms with Crippen molar-refractivity contribution < 1.29 is 18.3 Å². The molecule has 5 fully saturated rings. The molecule has 2 aliphatic heterocycles. The molecule has 1 aromatic heterocycles. The molecule has 11 heteroatoms. The Hall–Kier alpha value is -2.89. The number of benzene rings is 1. The summed E-state index contributed by atoms with van der Waals surface area (Å²) in [7, 11) is -3.17. The zero-order valence-corrected chi connectivity index (χ0v) is 23.8. The summed E-state index contributed by atoms with van der Waals surface area (Å²) in [6.45, 7) is 3.36. The first-order chi connectivity index (χ1) is 19.2. The molecular weight excluding hydrogens is 528 g/mol. The highest BCUT2D eigenvalue weighted by molar-refractivity contribution is 7.88. The average Bonchev–Trinajstić information content (AvgIpc) is 2.93. The number of nitrogens with zero attached hydrogens (tertiary/aromatic N) is 5. The number of nitrogens with one attached hydrogen (secondary N) is 1. The summed E-state index contributed by atoms with van der Waals surface area (Å²) in [6, 6.07) is 12.2. The fourth-order valence-electron chi connectivity index (χ4n) is 8.25. The minimum atomic E-state index is -3.17. The molecule has 40 heavy (non-hydrogen) atoms. The molecule has 1 saturated heterocycles. The molecule has 8 rings (SSSR count). The summed E-state index contributed by atoms with van der Waals surface area (Å²) in [5.41, 5.74) is 2.30. The highest BCUT2D eigenvalue weighted by Gasteiger charge is 2.55. The summed E-state index contributed by atoms with van der Waals surface area (Å²) in [6.07, 6.45) is 7.91. The SMILES string of the molecule is CS(=O)(=O)N1CCN(c2ccc(N3CCN(C(=O)NC4[C@@H]5CC6C[C@H]4CC(O)(C6)C5)c4ccccc43)cn2)CC1. The molecule has 4 saturated carbocycles. The molecule has 2 aromatic rings. The summed E-state index contributed by atoms with van der Waals surface area (Å²) in [4.78, 5) is 24.6. The molecule has 214 valence electrons. The second kappa shape index (κ2) is 9.60. The van der Waals surface area contributed by atoms with Gasteiger partial charge in [-0.2, -0.15) is 4.31 Å². The van der Waals surface area contributed by atoms with Crippen LogP contribution < -0.4 is 20.0 Å². The summed E-state index contributed by atoms with van der Waals surface area (Å²) < 4.78 is 25.2. The fourth-order valence-corrected chi connectivity index (χ4v) is 9.08. The van der Waals surface area contributed by atoms with Gasteiger partial charge in [-0.05, 0) is 74.1 Å². The van der Waals surface area contributed by atoms with Crippen molar-refractivity contribution in [3.05, 3.63) is 42.6 Å². The van der Waals surface area contributed by atoms with E-state index in [-0.39, 0.29) is 12.1 Å². The van der Waals surface area contributed by atoms with E-state index >= 15 is 0 Å². The number of para-hydroxylation sites is 2. The van der Waals surface area contributed by atoms with Crippen molar-refractivity contribution in [2.24, 2.45) is 17.8 Å². The normalized spacial score (nSPS) is 31.8. The Morgan fingerprint density at radius 3 is 2.27 bits per heavy atom. The highest BCUT2D eigenvalue weighted by Crippen LogP contribution is 2.55. The van der Waals surface area contributed by atoms with E-state index in [0.717, 1.165) is 55.0 Å². The van der Waals surface area contributed by atoms with Crippen molar-refractivity contribution in [3.63, 3.8) is 0 Å². The Labute approximate surface area is 236 Å². The molecule has 4 aliphatic carbocycles. The summed E-state index contributed by atoms with van der Waals surface area (Å²) >= 11 is 0. The molecule has 3 heterocycles. The number of carbonyl (C=O) groups excluding carboxylic acids is 1. The Kier molecular flexibility index (Phi) is 6.25. The Bertz CT molecular complexity index is 1380. The van der Waals surface area contributed by atoms with Crippen LogP contribution in [0.15, 0.2) is 42.6 Å². The van der Waals surface area contributed by atoms with E-state index in [2.05, 4.69) is 21.2 Å². The van der Waals surface area contributed by atoms with Gasteiger partial charge in [0.15, 0.2) is 0 Å². The first-order valence-electron chi connectivity index (χ1n) is 14.5. The van der Waals surface area contributed by atoms with E-state index in [1.807, 2.05) is 41.4 Å². The topological polar surface area (TPSA) is 109 Å². The third-order valence-corrected chi connectivity index (χ3v) is 11.2. The second-order valence-corrected chi connectivity index (χ2v) is 14.5. The molecule has 4 bridgehead atoms. The summed E-state index contributed by atoms with van der Waals surface area (Å²) in [5, 5.41) is 14.3. The zero-order valence-electron chi connectivity index (χ0n) is 22.9. The molecule has 2 N–H and O–H groups in total. The van der Waals surface area contributed by atoms with Crippen molar-refractivity contribution in [1.29, 1.82) is 0 Å². The van der Waals surface area contributed by atoms with E-state index in [1.165, 1.54) is 10.6 Å². The van der Waals surface area contributed by atoms with Crippen LogP contribution in [0, 0.1) is 17.8 Å². The van der Waals surface area contributed by atoms with Crippen molar-refractivity contribution in [1.82, 2.24) is 14.6 Å². The second-order valence-electron chi connectivity index (χ2n) is 12.5. The maximum absolute atomic E-state index is 13.7. The van der Waals surface area contributed by atoms with Gasteiger partial charge in [0, 0.05) is 45.3 Å². The van der Waals surface area contributed by atoms with Crippen LogP contribution in [0.3, 0.4) is 0 Å². The smallest absolute Gasteiger partial charge is 0.322 e. The number of sulfonamides is 1. The molecule has 10 nitrogen and oxygen atoms in total. The van der Waals surface area contributed by atoms with Gasteiger partial charge in [0.2, 0.25) is 10.0 Å². The highest BCUT2D eigenvalue weighted by atomic mass is 32.2. The number of anilines is 4. The van der Waals surface area contributed by atoms with Crippen LogP contribution >= 0.6 is 0 Å². The van der Waals surface area contributed by atoms with E-state index < -0.39 is 15.6 Å². The zero-order chi connectivity index (χ0) is 27.6. The van der Waals surface area contributed by atoms with E-state index in [9.17, 15) is 18.3 Å². The first-order valence-corrected chi connectivity index (χ1v) is 16.3. The maximum atomic E-state index is 13.7. The minimum absolute atomic E-state index is 0.0433. The number of rotatable bonds is 4. The van der Waals surface area contributed by atoms with Gasteiger partial charge in [-0.3, -0.25) is 4.90 Å². The predicted octanol–water partition coefficient (Wildman–Crippen LogP) is 2.77. The number of aliphatic hydroxyl groups is 1. The van der Waals surface area contributed by atoms with Crippen LogP contribution in [0.4, 0.5) is 27.7 Å². The van der Waals surface area contributed by atoms with Crippen molar-refractivity contribution >= 4 is 38.9 Å². The predicted molar refractivity (Wildman–Crippen MR) is 154 cm³/mol. The number of amides is 2. The standard InChI is InChI=1S/C29H38N6O4S/c1-40(38,39)33-10-8-32(9-11-33)26-7-6-23(19-30-26)34-12-13-35(25-5-3-2-4-24(25)34)28(36)31-27-21-14-20-15-22(27)18-29(37,16-20)17-21/h2-7,19-22,27,37H,8-18H2,1H3,(H,31,36)/t20?,21-,22+,27?,29?. The molecule has 0 radical (unpaired) electrons. The van der Waals surface area contributed by atoms with Gasteiger partial charge in [-0.25, -0.2) is 18.2 Å². The van der Waals surface area contributed by atoms with Gasteiger partial charge in [-0.15, -0.1) is 0 Å². The van der Waals surface area contributed by atoms with Crippen LogP contribution in [-0.4, -0.2) is 86.0 Å². The van der Waals surface area contributed by atoms with E-state index in [0.29, 0.717) is 57.0 Å². The molecule has 5 atom stereocenters. The lowest BCUT2D eigenvalue weighted by Gasteiger charge is -2.58. The largest absolute Gasteiger partial charge is 0.390 e. The van der Waals surface area contributed by atoms with Gasteiger partial charge in [0.25, 0.3) is 0 Å². The van der Waals surface area contributed by atoms with Crippen molar-refractivity contribution in [2.75, 3.05) is 60.2 Å². The van der Waals surface area contributed by atoms with Crippen LogP contribution in [0.5, 0.6) is 0 Å². The Morgan fingerprint density at radius 2 is 1.65 bits per heavy atom. The molecule has 1 aromatic carbocycles. The lowest BCUT2D eigenvalue weighted by molar-refractivity contribution is -0.136. The number of pyridine rings is 1. The van der Waals surface area contributed by atoms with E-state index in [1.54, 1.807) is 0 Å². The number of aromatic nitrogens is 1. The molecule has 2 amide bonds. The molecule has 3 unspecified atom stereocenters. The molecule has 0 spiro atoms. The number of hydrogen-bond acceptors (Lipinski definition) is 7. The maximum Gasteiger partial charge on any atom is 0.322 e. The van der Waals surface area contributed by atoms with Crippen molar-refractivity contribution in [2.45, 2.75) is 43.7 Å². The number of piperazine rings is 1. The number of fused-ring (bicyclic) bond motifs is 1. The van der Waals surface area contributed by atoms with Gasteiger partial charge in [-0.1, -0.05) is 12.1 Å². The molecule has 6 aliphatic rings. The monoisotopic (exact) mass is 566 g/mol. The Morgan fingerprint density at radius 1 is 0.950 bits per heavy atom. The van der Waals surface area contributed by atoms with Crippen molar-refractivity contribution in [3.8, 4) is 0 Å². The van der Waals surface area contributed by atoms with Gasteiger partial charge < -0.3 is 20.2 Å². The third kappa shape index (κ3) is 4.61. The van der Waals surface area contributed by atoms with Gasteiger partial charge in [0.1, 0.15) is 5.82 Å². The first kappa shape index (κ1) is 26.0. The number of urea groups is 1. The van der Waals surface area contributed by atoms with Gasteiger partial charge in [0.05, 0.1) is 35.1 Å². The van der Waals surface area contributed by atoms with Crippen LogP contribution in [0.1, 0.15) is 32.1 Å². The lowest BCUT2D eigenvalue weighted by Crippen LogP contribution is -2.63. The fraction of sp³-hybridized carbons (Fsp3) is 0.586. The average molecular weight is 567 g/mol.